The highest BCUT2D eigenvalue weighted by molar-refractivity contribution is 5.78. The van der Waals surface area contributed by atoms with Crippen molar-refractivity contribution in [2.24, 2.45) is 5.92 Å². The van der Waals surface area contributed by atoms with Crippen molar-refractivity contribution in [2.75, 3.05) is 19.7 Å². The third-order valence-corrected chi connectivity index (χ3v) is 2.36. The first-order valence-electron chi connectivity index (χ1n) is 4.84. The maximum atomic E-state index is 13.4. The van der Waals surface area contributed by atoms with Crippen LogP contribution in [-0.2, 0) is 9.53 Å². The quantitative estimate of drug-likeness (QED) is 0.706. The molecule has 3 nitrogen and oxygen atoms in total. The molecule has 5 heteroatoms. The van der Waals surface area contributed by atoms with Gasteiger partial charge in [-0.1, -0.05) is 0 Å². The minimum Gasteiger partial charge on any atom is -0.462 e. The summed E-state index contributed by atoms with van der Waals surface area (Å²) in [5.74, 6) is -5.66. The van der Waals surface area contributed by atoms with Gasteiger partial charge in [-0.2, -0.15) is 8.78 Å². The first-order chi connectivity index (χ1) is 6.59. The minimum absolute atomic E-state index is 0.00539. The Morgan fingerprint density at radius 1 is 1.64 bits per heavy atom. The molecule has 0 aromatic carbocycles. The van der Waals surface area contributed by atoms with E-state index in [1.807, 2.05) is 0 Å². The second-order valence-corrected chi connectivity index (χ2v) is 3.39. The van der Waals surface area contributed by atoms with Crippen molar-refractivity contribution in [1.29, 1.82) is 0 Å². The molecule has 0 aromatic heterocycles. The molecular weight excluding hydrogens is 192 g/mol. The van der Waals surface area contributed by atoms with Crippen LogP contribution in [0.15, 0.2) is 0 Å². The molecule has 1 heterocycles. The summed E-state index contributed by atoms with van der Waals surface area (Å²) < 4.78 is 31.1. The van der Waals surface area contributed by atoms with E-state index < -0.39 is 17.8 Å². The number of hydrogen-bond acceptors (Lipinski definition) is 3. The molecule has 14 heavy (non-hydrogen) atoms. The molecule has 1 rings (SSSR count). The molecule has 0 aliphatic carbocycles. The number of hydrogen-bond donors (Lipinski definition) is 1. The molecular formula is C9H15F2NO2. The van der Waals surface area contributed by atoms with Crippen molar-refractivity contribution in [1.82, 2.24) is 5.32 Å². The molecule has 1 unspecified atom stereocenters. The highest BCUT2D eigenvalue weighted by atomic mass is 19.3. The third kappa shape index (κ3) is 2.41. The van der Waals surface area contributed by atoms with Gasteiger partial charge in [0.15, 0.2) is 0 Å². The summed E-state index contributed by atoms with van der Waals surface area (Å²) in [5, 5.41) is 2.85. The van der Waals surface area contributed by atoms with Gasteiger partial charge in [0, 0.05) is 12.5 Å². The number of rotatable bonds is 3. The number of nitrogens with one attached hydrogen (secondary N) is 1. The molecule has 0 amide bonds. The fraction of sp³-hybridized carbons (Fsp3) is 0.889. The topological polar surface area (TPSA) is 38.3 Å². The lowest BCUT2D eigenvalue weighted by Crippen LogP contribution is -2.46. The molecule has 1 aliphatic rings. The predicted molar refractivity (Wildman–Crippen MR) is 47.2 cm³/mol. The lowest BCUT2D eigenvalue weighted by Gasteiger charge is -2.28. The fourth-order valence-electron chi connectivity index (χ4n) is 1.56. The lowest BCUT2D eigenvalue weighted by atomic mass is 9.93. The Labute approximate surface area is 81.8 Å². The molecule has 0 spiro atoms. The van der Waals surface area contributed by atoms with E-state index in [4.69, 9.17) is 0 Å². The number of carbonyl (C=O) groups excluding carboxylic acids is 1. The lowest BCUT2D eigenvalue weighted by molar-refractivity contribution is -0.180. The van der Waals surface area contributed by atoms with Gasteiger partial charge in [-0.25, -0.2) is 4.79 Å². The van der Waals surface area contributed by atoms with Crippen LogP contribution in [0.1, 0.15) is 19.8 Å². The molecule has 1 N–H and O–H groups in total. The monoisotopic (exact) mass is 207 g/mol. The van der Waals surface area contributed by atoms with E-state index in [0.717, 1.165) is 6.54 Å². The smallest absolute Gasteiger partial charge is 0.377 e. The zero-order valence-corrected chi connectivity index (χ0v) is 8.19. The molecule has 0 aromatic rings. The Hall–Kier alpha value is -0.710. The number of alkyl halides is 2. The van der Waals surface area contributed by atoms with E-state index in [1.54, 1.807) is 0 Å². The standard InChI is InChI=1S/C9H15F2NO2/c1-2-14-8(13)9(10,11)7-4-3-5-12-6-7/h7,12H,2-6H2,1H3. The molecule has 1 atom stereocenters. The zero-order valence-electron chi connectivity index (χ0n) is 8.19. The molecule has 1 fully saturated rings. The van der Waals surface area contributed by atoms with Gasteiger partial charge >= 0.3 is 11.9 Å². The summed E-state index contributed by atoms with van der Waals surface area (Å²) in [6.45, 7) is 2.45. The normalized spacial score (nSPS) is 23.2. The molecule has 0 radical (unpaired) electrons. The zero-order chi connectivity index (χ0) is 10.6. The summed E-state index contributed by atoms with van der Waals surface area (Å²) in [7, 11) is 0. The summed E-state index contributed by atoms with van der Waals surface area (Å²) in [4.78, 5) is 11.0. The van der Waals surface area contributed by atoms with Crippen LogP contribution in [-0.4, -0.2) is 31.6 Å². The van der Waals surface area contributed by atoms with Gasteiger partial charge < -0.3 is 10.1 Å². The Bertz CT molecular complexity index is 203. The van der Waals surface area contributed by atoms with E-state index >= 15 is 0 Å². The van der Waals surface area contributed by atoms with Crippen molar-refractivity contribution >= 4 is 5.97 Å². The summed E-state index contributed by atoms with van der Waals surface area (Å²) in [5.41, 5.74) is 0. The summed E-state index contributed by atoms with van der Waals surface area (Å²) in [6, 6.07) is 0. The maximum Gasteiger partial charge on any atom is 0.377 e. The highest BCUT2D eigenvalue weighted by Gasteiger charge is 2.48. The molecule has 0 saturated carbocycles. The first-order valence-corrected chi connectivity index (χ1v) is 4.84. The van der Waals surface area contributed by atoms with Crippen LogP contribution in [0.3, 0.4) is 0 Å². The minimum atomic E-state index is -3.34. The average molecular weight is 207 g/mol. The SMILES string of the molecule is CCOC(=O)C(F)(F)C1CCCNC1. The summed E-state index contributed by atoms with van der Waals surface area (Å²) >= 11 is 0. The van der Waals surface area contributed by atoms with Crippen LogP contribution in [0.5, 0.6) is 0 Å². The number of halogens is 2. The van der Waals surface area contributed by atoms with Gasteiger partial charge in [0.2, 0.25) is 0 Å². The van der Waals surface area contributed by atoms with E-state index in [-0.39, 0.29) is 13.2 Å². The Morgan fingerprint density at radius 2 is 2.36 bits per heavy atom. The Morgan fingerprint density at radius 3 is 2.86 bits per heavy atom. The van der Waals surface area contributed by atoms with Crippen LogP contribution in [0.25, 0.3) is 0 Å². The Kier molecular flexibility index (Phi) is 3.80. The van der Waals surface area contributed by atoms with Crippen LogP contribution in [0.4, 0.5) is 8.78 Å². The second kappa shape index (κ2) is 4.68. The van der Waals surface area contributed by atoms with Gasteiger partial charge in [-0.05, 0) is 26.3 Å². The number of esters is 1. The maximum absolute atomic E-state index is 13.4. The van der Waals surface area contributed by atoms with Crippen LogP contribution in [0, 0.1) is 5.92 Å². The van der Waals surface area contributed by atoms with Crippen molar-refractivity contribution in [3.63, 3.8) is 0 Å². The number of piperidine rings is 1. The third-order valence-electron chi connectivity index (χ3n) is 2.36. The van der Waals surface area contributed by atoms with E-state index in [1.165, 1.54) is 6.92 Å². The van der Waals surface area contributed by atoms with Crippen molar-refractivity contribution in [2.45, 2.75) is 25.7 Å². The fourth-order valence-corrected chi connectivity index (χ4v) is 1.56. The molecule has 0 bridgehead atoms. The van der Waals surface area contributed by atoms with Gasteiger partial charge in [-0.3, -0.25) is 0 Å². The van der Waals surface area contributed by atoms with Crippen LogP contribution in [0.2, 0.25) is 0 Å². The predicted octanol–water partition coefficient (Wildman–Crippen LogP) is 1.18. The highest BCUT2D eigenvalue weighted by Crippen LogP contribution is 2.30. The van der Waals surface area contributed by atoms with E-state index in [0.29, 0.717) is 12.8 Å². The van der Waals surface area contributed by atoms with Gasteiger partial charge in [-0.15, -0.1) is 0 Å². The Balaban J connectivity index is 2.57. The molecule has 82 valence electrons. The molecule has 1 saturated heterocycles. The van der Waals surface area contributed by atoms with Crippen LogP contribution < -0.4 is 5.32 Å². The van der Waals surface area contributed by atoms with E-state index in [2.05, 4.69) is 10.1 Å². The van der Waals surface area contributed by atoms with Gasteiger partial charge in [0.05, 0.1) is 6.61 Å². The van der Waals surface area contributed by atoms with Crippen molar-refractivity contribution in [3.05, 3.63) is 0 Å². The largest absolute Gasteiger partial charge is 0.462 e. The van der Waals surface area contributed by atoms with Gasteiger partial charge in [0.1, 0.15) is 0 Å². The molecule has 1 aliphatic heterocycles. The van der Waals surface area contributed by atoms with E-state index in [9.17, 15) is 13.6 Å². The first kappa shape index (κ1) is 11.4. The number of ether oxygens (including phenoxy) is 1. The van der Waals surface area contributed by atoms with Gasteiger partial charge in [0.25, 0.3) is 0 Å². The van der Waals surface area contributed by atoms with Crippen molar-refractivity contribution < 1.29 is 18.3 Å². The second-order valence-electron chi connectivity index (χ2n) is 3.39. The van der Waals surface area contributed by atoms with Crippen molar-refractivity contribution in [3.8, 4) is 0 Å². The summed E-state index contributed by atoms with van der Waals surface area (Å²) in [6.07, 6.45) is 1.05. The average Bonchev–Trinajstić information content (AvgIpc) is 2.19. The van der Waals surface area contributed by atoms with Crippen LogP contribution >= 0.6 is 0 Å². The number of carbonyl (C=O) groups is 1.